The van der Waals surface area contributed by atoms with Gasteiger partial charge in [-0.3, -0.25) is 19.2 Å². The van der Waals surface area contributed by atoms with Gasteiger partial charge < -0.3 is 54.7 Å². The highest BCUT2D eigenvalue weighted by atomic mass is 16.6. The van der Waals surface area contributed by atoms with Gasteiger partial charge in [0.1, 0.15) is 23.9 Å². The summed E-state index contributed by atoms with van der Waals surface area (Å²) in [6.07, 6.45) is -6.76. The normalized spacial score (nSPS) is 31.1. The van der Waals surface area contributed by atoms with Crippen LogP contribution in [0.15, 0.2) is 71.8 Å². The second-order valence-electron chi connectivity index (χ2n) is 18.7. The molecular weight excluding hydrogens is 841 g/mol. The van der Waals surface area contributed by atoms with Crippen molar-refractivity contribution in [3.8, 4) is 0 Å². The molecule has 1 aliphatic heterocycles. The standard InChI is InChI=1S/C49H66N2O14/c1-7-22-61-24-25-62-23-21-50-36(53)19-14-20-37(54)65-41(39(31-15-10-8-11-16-31)51-44(57)32-17-12-9-13-18-32)45(58)64-33-27-49(60)30(3)42-47(6,34(52)26-35-48(42,59)28-63-35)43(56)40(55)38(29(33)2)46(49,4)5/h8-13,15-18,30,33-35,39-42,52,55,59-60H,7,14,19-28H2,1-6H3,(H,50,53)(H,51,57)/t30?,33?,34?,35?,39?,40?,41?,42?,47-,48+,49?/m1/s1. The highest BCUT2D eigenvalue weighted by Gasteiger charge is 2.74. The third kappa shape index (κ3) is 9.81. The molecule has 2 saturated carbocycles. The van der Waals surface area contributed by atoms with Crippen molar-refractivity contribution in [2.75, 3.05) is 39.6 Å². The van der Waals surface area contributed by atoms with Crippen molar-refractivity contribution in [1.82, 2.24) is 10.6 Å². The fourth-order valence-electron chi connectivity index (χ4n) is 10.8. The number of rotatable bonds is 19. The monoisotopic (exact) mass is 906 g/mol. The van der Waals surface area contributed by atoms with E-state index < -0.39 is 94.1 Å². The molecule has 3 fully saturated rings. The summed E-state index contributed by atoms with van der Waals surface area (Å²) in [5.41, 5.74) is -5.50. The molecule has 356 valence electrons. The Morgan fingerprint density at radius 3 is 2.18 bits per heavy atom. The first kappa shape index (κ1) is 49.9. The minimum Gasteiger partial charge on any atom is -0.455 e. The Morgan fingerprint density at radius 1 is 0.908 bits per heavy atom. The number of ketones is 1. The smallest absolute Gasteiger partial charge is 0.350 e. The molecule has 6 N–H and O–H groups in total. The van der Waals surface area contributed by atoms with Gasteiger partial charge in [-0.1, -0.05) is 76.2 Å². The highest BCUT2D eigenvalue weighted by Crippen LogP contribution is 2.64. The minimum atomic E-state index is -1.88. The van der Waals surface area contributed by atoms with Gasteiger partial charge in [0, 0.05) is 55.7 Å². The van der Waals surface area contributed by atoms with E-state index in [9.17, 15) is 44.4 Å². The van der Waals surface area contributed by atoms with Gasteiger partial charge >= 0.3 is 11.9 Å². The predicted octanol–water partition coefficient (Wildman–Crippen LogP) is 3.29. The van der Waals surface area contributed by atoms with Crippen LogP contribution in [0, 0.1) is 22.7 Å². The molecule has 16 nitrogen and oxygen atoms in total. The van der Waals surface area contributed by atoms with Crippen molar-refractivity contribution in [3.05, 3.63) is 82.9 Å². The van der Waals surface area contributed by atoms with Gasteiger partial charge in [-0.2, -0.15) is 0 Å². The van der Waals surface area contributed by atoms with Gasteiger partial charge in [-0.15, -0.1) is 0 Å². The number of carbonyl (C=O) groups is 5. The topological polar surface area (TPSA) is 236 Å². The Labute approximate surface area is 380 Å². The Kier molecular flexibility index (Phi) is 15.8. The minimum absolute atomic E-state index is 0.0296. The van der Waals surface area contributed by atoms with Crippen molar-refractivity contribution < 1.29 is 68.1 Å². The zero-order chi connectivity index (χ0) is 47.3. The zero-order valence-electron chi connectivity index (χ0n) is 38.2. The fourth-order valence-corrected chi connectivity index (χ4v) is 10.8. The van der Waals surface area contributed by atoms with E-state index in [0.29, 0.717) is 25.4 Å². The number of fused-ring (bicyclic) bond motifs is 5. The number of benzene rings is 2. The van der Waals surface area contributed by atoms with E-state index in [2.05, 4.69) is 10.6 Å². The lowest BCUT2D eigenvalue weighted by atomic mass is 9.43. The first-order valence-corrected chi connectivity index (χ1v) is 22.7. The van der Waals surface area contributed by atoms with Crippen LogP contribution in [0.3, 0.4) is 0 Å². The van der Waals surface area contributed by atoms with Gasteiger partial charge in [-0.25, -0.2) is 4.79 Å². The molecule has 4 aliphatic rings. The largest absolute Gasteiger partial charge is 0.455 e. The first-order chi connectivity index (χ1) is 30.8. The molecule has 0 radical (unpaired) electrons. The Balaban J connectivity index is 1.28. The number of nitrogens with one attached hydrogen (secondary N) is 2. The van der Waals surface area contributed by atoms with Gasteiger partial charge in [0.05, 0.1) is 49.7 Å². The molecule has 2 bridgehead atoms. The predicted molar refractivity (Wildman–Crippen MR) is 235 cm³/mol. The fraction of sp³-hybridized carbons (Fsp3) is 0.612. The van der Waals surface area contributed by atoms with Crippen molar-refractivity contribution in [2.45, 2.75) is 128 Å². The first-order valence-electron chi connectivity index (χ1n) is 22.7. The van der Waals surface area contributed by atoms with E-state index >= 15 is 0 Å². The van der Waals surface area contributed by atoms with Crippen LogP contribution in [0.25, 0.3) is 0 Å². The average molecular weight is 907 g/mol. The molecular formula is C49H66N2O14. The van der Waals surface area contributed by atoms with Gasteiger partial charge in [0.2, 0.25) is 12.0 Å². The number of aliphatic hydroxyl groups excluding tert-OH is 2. The number of hydrogen-bond donors (Lipinski definition) is 6. The third-order valence-electron chi connectivity index (χ3n) is 14.5. The second kappa shape index (κ2) is 20.5. The van der Waals surface area contributed by atoms with Gasteiger partial charge in [0.25, 0.3) is 5.91 Å². The van der Waals surface area contributed by atoms with E-state index in [1.165, 1.54) is 6.92 Å². The van der Waals surface area contributed by atoms with Crippen LogP contribution >= 0.6 is 0 Å². The summed E-state index contributed by atoms with van der Waals surface area (Å²) < 4.78 is 28.7. The maximum absolute atomic E-state index is 14.8. The summed E-state index contributed by atoms with van der Waals surface area (Å²) in [6.45, 7) is 12.1. The maximum Gasteiger partial charge on any atom is 0.350 e. The maximum atomic E-state index is 14.8. The van der Waals surface area contributed by atoms with Crippen LogP contribution in [0.4, 0.5) is 0 Å². The SMILES string of the molecule is CCCOCCOCCNC(=O)CCCC(=O)OC(C(=O)OC1CC2(O)C(C)C3[C@]4(O)COC4CC(O)[C@@]3(C)C(=O)C(O)C(=C1C)C2(C)C)C(NC(=O)c1ccccc1)c1ccccc1. The van der Waals surface area contributed by atoms with E-state index in [1.807, 2.05) is 6.92 Å². The molecule has 16 heteroatoms. The average Bonchev–Trinajstić information content (AvgIpc) is 3.28. The van der Waals surface area contributed by atoms with Crippen molar-refractivity contribution >= 4 is 29.5 Å². The molecule has 65 heavy (non-hydrogen) atoms. The summed E-state index contributed by atoms with van der Waals surface area (Å²) in [7, 11) is 0. The van der Waals surface area contributed by atoms with Crippen LogP contribution in [-0.4, -0.2) is 131 Å². The Morgan fingerprint density at radius 2 is 1.55 bits per heavy atom. The molecule has 6 rings (SSSR count). The number of carbonyl (C=O) groups excluding carboxylic acids is 5. The van der Waals surface area contributed by atoms with E-state index in [0.717, 1.165) is 6.42 Å². The molecule has 9 unspecified atom stereocenters. The molecule has 0 aromatic heterocycles. The summed E-state index contributed by atoms with van der Waals surface area (Å²) in [6, 6.07) is 15.3. The lowest BCUT2D eigenvalue weighted by molar-refractivity contribution is -0.335. The number of Topliss-reactive ketones (excluding diaryl/α,β-unsaturated/α-hetero) is 1. The number of amides is 2. The Hall–Kier alpha value is -4.55. The van der Waals surface area contributed by atoms with Crippen LogP contribution in [0.5, 0.6) is 0 Å². The summed E-state index contributed by atoms with van der Waals surface area (Å²) in [5, 5.41) is 54.4. The Bertz CT molecular complexity index is 2060. The van der Waals surface area contributed by atoms with Gasteiger partial charge in [0.15, 0.2) is 5.78 Å². The molecule has 2 aromatic carbocycles. The molecule has 2 aromatic rings. The second-order valence-corrected chi connectivity index (χ2v) is 18.7. The summed E-state index contributed by atoms with van der Waals surface area (Å²) in [5.74, 6) is -5.63. The van der Waals surface area contributed by atoms with Crippen molar-refractivity contribution in [3.63, 3.8) is 0 Å². The van der Waals surface area contributed by atoms with Gasteiger partial charge in [-0.05, 0) is 61.4 Å². The van der Waals surface area contributed by atoms with E-state index in [1.54, 1.807) is 88.4 Å². The third-order valence-corrected chi connectivity index (χ3v) is 14.5. The molecule has 3 aliphatic carbocycles. The highest BCUT2D eigenvalue weighted by molar-refractivity contribution is 5.95. The number of aliphatic hydroxyl groups is 4. The number of ether oxygens (including phenoxy) is 5. The van der Waals surface area contributed by atoms with E-state index in [4.69, 9.17) is 23.7 Å². The molecule has 11 atom stereocenters. The van der Waals surface area contributed by atoms with E-state index in [-0.39, 0.29) is 74.5 Å². The number of esters is 2. The zero-order valence-corrected chi connectivity index (χ0v) is 38.2. The molecule has 0 spiro atoms. The van der Waals surface area contributed by atoms with Crippen LogP contribution in [0.1, 0.15) is 102 Å². The summed E-state index contributed by atoms with van der Waals surface area (Å²) >= 11 is 0. The van der Waals surface area contributed by atoms with Crippen LogP contribution < -0.4 is 10.6 Å². The quantitative estimate of drug-likeness (QED) is 0.0675. The lowest BCUT2D eigenvalue weighted by Crippen LogP contribution is -2.78. The number of hydrogen-bond acceptors (Lipinski definition) is 14. The van der Waals surface area contributed by atoms with Crippen molar-refractivity contribution in [1.29, 1.82) is 0 Å². The lowest BCUT2D eigenvalue weighted by Gasteiger charge is -2.67. The van der Waals surface area contributed by atoms with Crippen molar-refractivity contribution in [2.24, 2.45) is 22.7 Å². The molecule has 1 heterocycles. The molecule has 2 amide bonds. The summed E-state index contributed by atoms with van der Waals surface area (Å²) in [4.78, 5) is 69.5. The van der Waals surface area contributed by atoms with Crippen LogP contribution in [0.2, 0.25) is 0 Å². The van der Waals surface area contributed by atoms with Crippen LogP contribution in [-0.2, 0) is 42.9 Å². The molecule has 1 saturated heterocycles.